The maximum Gasteiger partial charge on any atom is 0.130 e. The molecule has 16 heavy (non-hydrogen) atoms. The van der Waals surface area contributed by atoms with E-state index in [-0.39, 0.29) is 5.75 Å². The zero-order valence-corrected chi connectivity index (χ0v) is 9.53. The fourth-order valence-electron chi connectivity index (χ4n) is 1.60. The van der Waals surface area contributed by atoms with Crippen molar-refractivity contribution in [2.45, 2.75) is 5.75 Å². The van der Waals surface area contributed by atoms with Crippen LogP contribution in [0.3, 0.4) is 0 Å². The lowest BCUT2D eigenvalue weighted by atomic mass is 10.1. The summed E-state index contributed by atoms with van der Waals surface area (Å²) in [5.41, 5.74) is 0.326. The predicted octanol–water partition coefficient (Wildman–Crippen LogP) is 1.43. The molecule has 0 saturated carbocycles. The van der Waals surface area contributed by atoms with Crippen LogP contribution in [0.2, 0.25) is 0 Å². The van der Waals surface area contributed by atoms with Gasteiger partial charge in [-0.2, -0.15) is 0 Å². The molecule has 5 heteroatoms. The van der Waals surface area contributed by atoms with Gasteiger partial charge in [0.25, 0.3) is 0 Å². The summed E-state index contributed by atoms with van der Waals surface area (Å²) in [4.78, 5) is 0. The summed E-state index contributed by atoms with van der Waals surface area (Å²) in [6, 6.07) is 3.39. The Morgan fingerprint density at radius 3 is 2.69 bits per heavy atom. The van der Waals surface area contributed by atoms with Crippen molar-refractivity contribution in [3.05, 3.63) is 35.4 Å². The van der Waals surface area contributed by atoms with Gasteiger partial charge in [-0.25, -0.2) is 8.78 Å². The highest BCUT2D eigenvalue weighted by molar-refractivity contribution is 7.84. The summed E-state index contributed by atoms with van der Waals surface area (Å²) in [7, 11) is -1.07. The molecule has 0 bridgehead atoms. The third-order valence-corrected chi connectivity index (χ3v) is 4.10. The van der Waals surface area contributed by atoms with E-state index in [0.29, 0.717) is 17.2 Å². The maximum atomic E-state index is 13.3. The molecule has 2 nitrogen and oxygen atoms in total. The van der Waals surface area contributed by atoms with Gasteiger partial charge in [0.2, 0.25) is 0 Å². The average Bonchev–Trinajstić information content (AvgIpc) is 2.16. The quantitative estimate of drug-likeness (QED) is 0.869. The second kappa shape index (κ2) is 5.01. The highest BCUT2D eigenvalue weighted by atomic mass is 32.2. The van der Waals surface area contributed by atoms with E-state index in [2.05, 4.69) is 5.32 Å². The Morgan fingerprint density at radius 1 is 1.38 bits per heavy atom. The van der Waals surface area contributed by atoms with Gasteiger partial charge in [0.15, 0.2) is 0 Å². The number of halogens is 2. The fraction of sp³-hybridized carbons (Fsp3) is 0.455. The van der Waals surface area contributed by atoms with Gasteiger partial charge < -0.3 is 5.32 Å². The van der Waals surface area contributed by atoms with E-state index in [0.717, 1.165) is 19.2 Å². The Labute approximate surface area is 95.5 Å². The van der Waals surface area contributed by atoms with Crippen LogP contribution in [0.1, 0.15) is 5.56 Å². The fourth-order valence-corrected chi connectivity index (χ4v) is 3.06. The number of benzene rings is 1. The van der Waals surface area contributed by atoms with E-state index >= 15 is 0 Å². The van der Waals surface area contributed by atoms with Crippen LogP contribution in [0, 0.1) is 17.6 Å². The van der Waals surface area contributed by atoms with Gasteiger partial charge in [-0.1, -0.05) is 6.07 Å². The minimum Gasteiger partial charge on any atom is -0.316 e. The van der Waals surface area contributed by atoms with Crippen LogP contribution < -0.4 is 5.32 Å². The van der Waals surface area contributed by atoms with E-state index in [1.165, 1.54) is 12.1 Å². The zero-order chi connectivity index (χ0) is 11.5. The largest absolute Gasteiger partial charge is 0.316 e. The Balaban J connectivity index is 1.94. The summed E-state index contributed by atoms with van der Waals surface area (Å²) in [5.74, 6) is -0.0217. The molecule has 0 radical (unpaired) electrons. The number of hydrogen-bond donors (Lipinski definition) is 1. The van der Waals surface area contributed by atoms with Crippen molar-refractivity contribution in [1.29, 1.82) is 0 Å². The van der Waals surface area contributed by atoms with Crippen LogP contribution in [-0.2, 0) is 16.6 Å². The molecule has 1 unspecified atom stereocenters. The summed E-state index contributed by atoms with van der Waals surface area (Å²) >= 11 is 0. The van der Waals surface area contributed by atoms with Gasteiger partial charge in [0.05, 0.1) is 5.75 Å². The van der Waals surface area contributed by atoms with Crippen molar-refractivity contribution >= 4 is 10.8 Å². The summed E-state index contributed by atoms with van der Waals surface area (Å²) in [6.45, 7) is 1.77. The SMILES string of the molecule is O=S(Cc1ccc(F)cc1F)CC1CNC1. The lowest BCUT2D eigenvalue weighted by Crippen LogP contribution is -2.44. The molecule has 1 N–H and O–H groups in total. The molecule has 1 heterocycles. The van der Waals surface area contributed by atoms with Crippen LogP contribution in [0.4, 0.5) is 8.78 Å². The average molecular weight is 245 g/mol. The molecule has 2 rings (SSSR count). The molecular formula is C11H13F2NOS. The molecule has 1 saturated heterocycles. The van der Waals surface area contributed by atoms with Gasteiger partial charge in [0.1, 0.15) is 11.6 Å². The number of hydrogen-bond acceptors (Lipinski definition) is 2. The van der Waals surface area contributed by atoms with Crippen molar-refractivity contribution in [3.63, 3.8) is 0 Å². The number of rotatable bonds is 4. The van der Waals surface area contributed by atoms with Crippen LogP contribution in [0.15, 0.2) is 18.2 Å². The van der Waals surface area contributed by atoms with Crippen LogP contribution in [-0.4, -0.2) is 23.1 Å². The molecule has 1 aromatic rings. The van der Waals surface area contributed by atoms with Gasteiger partial charge in [-0.15, -0.1) is 0 Å². The zero-order valence-electron chi connectivity index (χ0n) is 8.71. The minimum atomic E-state index is -1.07. The monoisotopic (exact) mass is 245 g/mol. The van der Waals surface area contributed by atoms with E-state index in [1.54, 1.807) is 0 Å². The first-order chi connectivity index (χ1) is 7.65. The molecule has 88 valence electrons. The van der Waals surface area contributed by atoms with Crippen LogP contribution in [0.25, 0.3) is 0 Å². The smallest absolute Gasteiger partial charge is 0.130 e. The van der Waals surface area contributed by atoms with E-state index in [4.69, 9.17) is 0 Å². The van der Waals surface area contributed by atoms with E-state index in [9.17, 15) is 13.0 Å². The second-order valence-corrected chi connectivity index (χ2v) is 5.51. The first-order valence-corrected chi connectivity index (χ1v) is 6.63. The van der Waals surface area contributed by atoms with Gasteiger partial charge in [-0.05, 0) is 12.0 Å². The van der Waals surface area contributed by atoms with Gasteiger partial charge in [-0.3, -0.25) is 4.21 Å². The molecule has 1 aliphatic rings. The second-order valence-electron chi connectivity index (χ2n) is 4.01. The normalized spacial score (nSPS) is 18.1. The standard InChI is InChI=1S/C11H13F2NOS/c12-10-2-1-9(11(13)3-10)7-16(15)6-8-4-14-5-8/h1-3,8,14H,4-7H2. The topological polar surface area (TPSA) is 29.1 Å². The molecule has 1 atom stereocenters. The first-order valence-electron chi connectivity index (χ1n) is 5.15. The van der Waals surface area contributed by atoms with Gasteiger partial charge in [0, 0.05) is 41.3 Å². The third-order valence-electron chi connectivity index (χ3n) is 2.62. The van der Waals surface area contributed by atoms with Crippen LogP contribution >= 0.6 is 0 Å². The van der Waals surface area contributed by atoms with E-state index in [1.807, 2.05) is 0 Å². The van der Waals surface area contributed by atoms with Crippen molar-refractivity contribution < 1.29 is 13.0 Å². The number of nitrogens with one attached hydrogen (secondary N) is 1. The minimum absolute atomic E-state index is 0.169. The molecule has 1 aliphatic heterocycles. The van der Waals surface area contributed by atoms with Crippen LogP contribution in [0.5, 0.6) is 0 Å². The summed E-state index contributed by atoms with van der Waals surface area (Å²) in [5, 5.41) is 3.09. The van der Waals surface area contributed by atoms with Crippen molar-refractivity contribution in [2.24, 2.45) is 5.92 Å². The molecule has 0 aromatic heterocycles. The predicted molar refractivity (Wildman–Crippen MR) is 59.4 cm³/mol. The molecule has 1 fully saturated rings. The summed E-state index contributed by atoms with van der Waals surface area (Å²) < 4.78 is 37.6. The first kappa shape index (κ1) is 11.7. The third kappa shape index (κ3) is 2.86. The molecule has 0 aliphatic carbocycles. The maximum absolute atomic E-state index is 13.3. The molecular weight excluding hydrogens is 232 g/mol. The Morgan fingerprint density at radius 2 is 2.12 bits per heavy atom. The van der Waals surface area contributed by atoms with Crippen molar-refractivity contribution in [1.82, 2.24) is 5.32 Å². The highest BCUT2D eigenvalue weighted by Gasteiger charge is 2.20. The van der Waals surface area contributed by atoms with Crippen molar-refractivity contribution in [2.75, 3.05) is 18.8 Å². The van der Waals surface area contributed by atoms with Gasteiger partial charge >= 0.3 is 0 Å². The molecule has 1 aromatic carbocycles. The molecule has 0 amide bonds. The lowest BCUT2D eigenvalue weighted by Gasteiger charge is -2.26. The summed E-state index contributed by atoms with van der Waals surface area (Å²) in [6.07, 6.45) is 0. The highest BCUT2D eigenvalue weighted by Crippen LogP contribution is 2.14. The van der Waals surface area contributed by atoms with E-state index < -0.39 is 22.4 Å². The lowest BCUT2D eigenvalue weighted by molar-refractivity contribution is 0.382. The molecule has 0 spiro atoms. The Bertz CT molecular complexity index is 407. The Hall–Kier alpha value is -0.810. The Kier molecular flexibility index (Phi) is 3.66. The van der Waals surface area contributed by atoms with Crippen molar-refractivity contribution in [3.8, 4) is 0 Å².